The lowest BCUT2D eigenvalue weighted by atomic mass is 10.6. The van der Waals surface area contributed by atoms with Crippen LogP contribution < -0.4 is 4.74 Å². The number of hydrogen-bond acceptors (Lipinski definition) is 5. The first-order valence-electron chi connectivity index (χ1n) is 4.61. The fraction of sp³-hybridized carbons (Fsp3) is 0.500. The number of aromatic nitrogens is 2. The van der Waals surface area contributed by atoms with Crippen molar-refractivity contribution in [3.05, 3.63) is 12.4 Å². The Bertz CT molecular complexity index is 489. The average Bonchev–Trinajstić information content (AvgIpc) is 2.25. The molecule has 0 aliphatic rings. The van der Waals surface area contributed by atoms with Crippen LogP contribution in [0.1, 0.15) is 6.42 Å². The first-order chi connectivity index (χ1) is 8.24. The van der Waals surface area contributed by atoms with Crippen molar-refractivity contribution in [1.29, 1.82) is 0 Å². The van der Waals surface area contributed by atoms with Gasteiger partial charge >= 0.3 is 6.36 Å². The summed E-state index contributed by atoms with van der Waals surface area (Å²) in [4.78, 5) is 6.59. The van der Waals surface area contributed by atoms with E-state index in [1.807, 2.05) is 0 Å². The molecule has 0 saturated heterocycles. The molecule has 0 atom stereocenters. The normalized spacial score (nSPS) is 12.4. The van der Waals surface area contributed by atoms with Gasteiger partial charge in [-0.05, 0) is 6.42 Å². The zero-order valence-corrected chi connectivity index (χ0v) is 10.4. The molecule has 18 heavy (non-hydrogen) atoms. The van der Waals surface area contributed by atoms with E-state index in [1.54, 1.807) is 0 Å². The molecule has 0 aromatic carbocycles. The van der Waals surface area contributed by atoms with Crippen LogP contribution in [-0.2, 0) is 9.84 Å². The van der Waals surface area contributed by atoms with Gasteiger partial charge < -0.3 is 4.74 Å². The van der Waals surface area contributed by atoms with Crippen molar-refractivity contribution in [2.45, 2.75) is 17.8 Å². The number of sulfone groups is 1. The summed E-state index contributed by atoms with van der Waals surface area (Å²) < 4.78 is 62.0. The predicted octanol–water partition coefficient (Wildman–Crippen LogP) is 1.78. The largest absolute Gasteiger partial charge is 0.574 e. The molecular formula is C8H8ClF3N2O3S. The van der Waals surface area contributed by atoms with Crippen LogP contribution in [0.3, 0.4) is 0 Å². The minimum absolute atomic E-state index is 0.155. The lowest BCUT2D eigenvalue weighted by Gasteiger charge is -2.07. The third kappa shape index (κ3) is 4.65. The van der Waals surface area contributed by atoms with E-state index in [9.17, 15) is 21.6 Å². The molecule has 0 amide bonds. The highest BCUT2D eigenvalue weighted by molar-refractivity contribution is 7.91. The quantitative estimate of drug-likeness (QED) is 0.776. The van der Waals surface area contributed by atoms with E-state index < -0.39 is 27.1 Å². The van der Waals surface area contributed by atoms with Crippen LogP contribution in [0, 0.1) is 0 Å². The lowest BCUT2D eigenvalue weighted by molar-refractivity contribution is -0.276. The van der Waals surface area contributed by atoms with Crippen LogP contribution in [0.15, 0.2) is 17.4 Å². The van der Waals surface area contributed by atoms with Gasteiger partial charge in [0.1, 0.15) is 0 Å². The molecule has 0 radical (unpaired) electrons. The van der Waals surface area contributed by atoms with Gasteiger partial charge in [-0.2, -0.15) is 0 Å². The topological polar surface area (TPSA) is 69.2 Å². The number of hydrogen-bond donors (Lipinski definition) is 0. The van der Waals surface area contributed by atoms with Gasteiger partial charge in [0.05, 0.1) is 18.1 Å². The molecular weight excluding hydrogens is 297 g/mol. The van der Waals surface area contributed by atoms with Gasteiger partial charge in [-0.15, -0.1) is 24.8 Å². The van der Waals surface area contributed by atoms with Gasteiger partial charge in [0.2, 0.25) is 5.88 Å². The Hall–Kier alpha value is -1.09. The van der Waals surface area contributed by atoms with E-state index in [0.717, 1.165) is 0 Å². The summed E-state index contributed by atoms with van der Waals surface area (Å²) >= 11 is 5.35. The molecule has 0 aliphatic heterocycles. The Kier molecular flexibility index (Phi) is 4.74. The van der Waals surface area contributed by atoms with Crippen molar-refractivity contribution in [2.24, 2.45) is 0 Å². The van der Waals surface area contributed by atoms with Crippen molar-refractivity contribution < 1.29 is 26.3 Å². The highest BCUT2D eigenvalue weighted by atomic mass is 35.5. The molecule has 0 spiro atoms. The molecule has 1 aromatic rings. The van der Waals surface area contributed by atoms with Crippen molar-refractivity contribution in [1.82, 2.24) is 9.97 Å². The summed E-state index contributed by atoms with van der Waals surface area (Å²) in [6.07, 6.45) is -3.37. The number of ether oxygens (including phenoxy) is 1. The average molecular weight is 305 g/mol. The highest BCUT2D eigenvalue weighted by Crippen LogP contribution is 2.20. The first-order valence-corrected chi connectivity index (χ1v) is 6.80. The van der Waals surface area contributed by atoms with Crippen LogP contribution in [0.5, 0.6) is 5.88 Å². The highest BCUT2D eigenvalue weighted by Gasteiger charge is 2.32. The molecule has 1 rings (SSSR count). The molecule has 0 bridgehead atoms. The fourth-order valence-corrected chi connectivity index (χ4v) is 2.44. The van der Waals surface area contributed by atoms with Crippen LogP contribution in [-0.4, -0.2) is 36.4 Å². The van der Waals surface area contributed by atoms with E-state index in [0.29, 0.717) is 12.4 Å². The molecule has 0 N–H and O–H groups in total. The first kappa shape index (κ1) is 15.0. The van der Waals surface area contributed by atoms with E-state index in [-0.39, 0.29) is 18.1 Å². The Morgan fingerprint density at radius 2 is 1.94 bits per heavy atom. The Morgan fingerprint density at radius 3 is 2.39 bits per heavy atom. The minimum atomic E-state index is -4.90. The Morgan fingerprint density at radius 1 is 1.28 bits per heavy atom. The van der Waals surface area contributed by atoms with Gasteiger partial charge in [0.25, 0.3) is 0 Å². The van der Waals surface area contributed by atoms with Gasteiger partial charge in [0, 0.05) is 5.88 Å². The SMILES string of the molecule is O=S(=O)(CCCCl)c1cnc(OC(F)(F)F)cn1. The molecule has 1 heterocycles. The predicted molar refractivity (Wildman–Crippen MR) is 56.1 cm³/mol. The van der Waals surface area contributed by atoms with Crippen molar-refractivity contribution in [3.63, 3.8) is 0 Å². The van der Waals surface area contributed by atoms with Crippen molar-refractivity contribution in [3.8, 4) is 5.88 Å². The van der Waals surface area contributed by atoms with E-state index >= 15 is 0 Å². The van der Waals surface area contributed by atoms with Crippen molar-refractivity contribution in [2.75, 3.05) is 11.6 Å². The van der Waals surface area contributed by atoms with Crippen LogP contribution in [0.2, 0.25) is 0 Å². The summed E-state index contributed by atoms with van der Waals surface area (Å²) in [6, 6.07) is 0. The third-order valence-corrected chi connectivity index (χ3v) is 3.63. The van der Waals surface area contributed by atoms with Crippen LogP contribution in [0.25, 0.3) is 0 Å². The molecule has 0 aliphatic carbocycles. The van der Waals surface area contributed by atoms with Crippen molar-refractivity contribution >= 4 is 21.4 Å². The molecule has 0 fully saturated rings. The minimum Gasteiger partial charge on any atom is -0.386 e. The molecule has 1 aromatic heterocycles. The maximum absolute atomic E-state index is 11.8. The van der Waals surface area contributed by atoms with E-state index in [1.165, 1.54) is 0 Å². The number of nitrogens with zero attached hydrogens (tertiary/aromatic N) is 2. The maximum Gasteiger partial charge on any atom is 0.574 e. The summed E-state index contributed by atoms with van der Waals surface area (Å²) in [6.45, 7) is 0. The number of rotatable bonds is 5. The van der Waals surface area contributed by atoms with Gasteiger partial charge in [-0.3, -0.25) is 0 Å². The van der Waals surface area contributed by atoms with Gasteiger partial charge in [-0.25, -0.2) is 18.4 Å². The summed E-state index contributed by atoms with van der Waals surface area (Å²) in [5.74, 6) is -0.911. The van der Waals surface area contributed by atoms with Crippen LogP contribution in [0.4, 0.5) is 13.2 Å². The number of alkyl halides is 4. The Labute approximate surface area is 106 Å². The molecule has 0 saturated carbocycles. The smallest absolute Gasteiger partial charge is 0.386 e. The van der Waals surface area contributed by atoms with E-state index in [4.69, 9.17) is 11.6 Å². The Balaban J connectivity index is 2.83. The summed E-state index contributed by atoms with van der Waals surface area (Å²) in [7, 11) is -3.68. The lowest BCUT2D eigenvalue weighted by Crippen LogP contribution is -2.18. The molecule has 10 heteroatoms. The van der Waals surface area contributed by atoms with E-state index in [2.05, 4.69) is 14.7 Å². The van der Waals surface area contributed by atoms with Crippen LogP contribution >= 0.6 is 11.6 Å². The van der Waals surface area contributed by atoms with Gasteiger partial charge in [0.15, 0.2) is 14.9 Å². The zero-order chi connectivity index (χ0) is 13.8. The summed E-state index contributed by atoms with van der Waals surface area (Å²) in [5, 5.41) is -0.415. The fourth-order valence-electron chi connectivity index (χ4n) is 0.985. The zero-order valence-electron chi connectivity index (χ0n) is 8.82. The molecule has 5 nitrogen and oxygen atoms in total. The summed E-state index contributed by atoms with van der Waals surface area (Å²) in [5.41, 5.74) is 0. The molecule has 0 unspecified atom stereocenters. The monoisotopic (exact) mass is 304 g/mol. The number of halogens is 4. The second kappa shape index (κ2) is 5.70. The molecule has 102 valence electrons. The standard InChI is InChI=1S/C8H8ClF3N2O3S/c9-2-1-3-18(15,16)7-5-13-6(4-14-7)17-8(10,11)12/h4-5H,1-3H2. The second-order valence-corrected chi connectivity index (χ2v) is 5.54. The third-order valence-electron chi connectivity index (χ3n) is 1.69. The second-order valence-electron chi connectivity index (χ2n) is 3.10. The maximum atomic E-state index is 11.8. The van der Waals surface area contributed by atoms with Gasteiger partial charge in [-0.1, -0.05) is 0 Å².